The van der Waals surface area contributed by atoms with Gasteiger partial charge in [0, 0.05) is 33.5 Å². The van der Waals surface area contributed by atoms with Crippen molar-refractivity contribution in [1.29, 1.82) is 0 Å². The molecule has 0 atom stereocenters. The summed E-state index contributed by atoms with van der Waals surface area (Å²) in [4.78, 5) is 2.43. The molecule has 0 radical (unpaired) electrons. The molecule has 13 aromatic rings. The molecule has 0 saturated heterocycles. The minimum atomic E-state index is -0.521. The number of hydrogen-bond donors (Lipinski definition) is 0. The van der Waals surface area contributed by atoms with Crippen molar-refractivity contribution in [2.75, 3.05) is 4.90 Å². The summed E-state index contributed by atoms with van der Waals surface area (Å²) >= 11 is 0. The van der Waals surface area contributed by atoms with E-state index in [-0.39, 0.29) is 0 Å². The molecule has 2 nitrogen and oxygen atoms in total. The molecule has 0 amide bonds. The first-order chi connectivity index (χ1) is 36.2. The summed E-state index contributed by atoms with van der Waals surface area (Å²) in [6, 6.07) is 107. The molecule has 2 heteroatoms. The molecule has 0 fully saturated rings. The van der Waals surface area contributed by atoms with Gasteiger partial charge in [-0.15, -0.1) is 0 Å². The molecule has 1 aromatic heterocycles. The van der Waals surface area contributed by atoms with Gasteiger partial charge >= 0.3 is 0 Å². The van der Waals surface area contributed by atoms with E-state index in [0.29, 0.717) is 0 Å². The fourth-order valence-corrected chi connectivity index (χ4v) is 11.9. The highest BCUT2D eigenvalue weighted by atomic mass is 15.1. The third kappa shape index (κ3) is 7.02. The van der Waals surface area contributed by atoms with E-state index < -0.39 is 5.41 Å². The summed E-state index contributed by atoms with van der Waals surface area (Å²) in [6.07, 6.45) is 0. The van der Waals surface area contributed by atoms with Crippen LogP contribution in [0.25, 0.3) is 82.8 Å². The van der Waals surface area contributed by atoms with Crippen LogP contribution >= 0.6 is 0 Å². The van der Waals surface area contributed by atoms with E-state index in [9.17, 15) is 0 Å². The first-order valence-electron chi connectivity index (χ1n) is 25.2. The molecule has 0 unspecified atom stereocenters. The minimum absolute atomic E-state index is 0.521. The van der Waals surface area contributed by atoms with Gasteiger partial charge in [0.1, 0.15) is 0 Å². The zero-order chi connectivity index (χ0) is 48.3. The van der Waals surface area contributed by atoms with Crippen LogP contribution in [0.1, 0.15) is 22.3 Å². The summed E-state index contributed by atoms with van der Waals surface area (Å²) in [6.45, 7) is 0. The van der Waals surface area contributed by atoms with E-state index in [0.717, 1.165) is 28.3 Å². The lowest BCUT2D eigenvalue weighted by Crippen LogP contribution is -2.28. The molecule has 1 aliphatic carbocycles. The van der Waals surface area contributed by atoms with Crippen molar-refractivity contribution in [2.24, 2.45) is 0 Å². The fraction of sp³-hybridized carbons (Fsp3) is 0.0141. The molecule has 0 saturated carbocycles. The van der Waals surface area contributed by atoms with Crippen LogP contribution in [0, 0.1) is 0 Å². The van der Waals surface area contributed by atoms with Gasteiger partial charge in [0.05, 0.1) is 16.4 Å². The zero-order valence-corrected chi connectivity index (χ0v) is 40.1. The second kappa shape index (κ2) is 17.4. The maximum absolute atomic E-state index is 2.46. The van der Waals surface area contributed by atoms with Crippen molar-refractivity contribution >= 4 is 49.6 Å². The lowest BCUT2D eigenvalue weighted by atomic mass is 9.67. The lowest BCUT2D eigenvalue weighted by Gasteiger charge is -2.35. The maximum atomic E-state index is 2.46. The van der Waals surface area contributed by atoms with Crippen LogP contribution in [0.4, 0.5) is 17.1 Å². The van der Waals surface area contributed by atoms with E-state index in [2.05, 4.69) is 301 Å². The van der Waals surface area contributed by atoms with Crippen LogP contribution in [-0.4, -0.2) is 4.57 Å². The highest BCUT2D eigenvalue weighted by Gasteiger charge is 2.46. The van der Waals surface area contributed by atoms with E-state index in [1.807, 2.05) is 0 Å². The first-order valence-corrected chi connectivity index (χ1v) is 25.2. The molecule has 73 heavy (non-hydrogen) atoms. The van der Waals surface area contributed by atoms with Crippen molar-refractivity contribution in [3.63, 3.8) is 0 Å². The average molecular weight is 929 g/mol. The van der Waals surface area contributed by atoms with Gasteiger partial charge in [-0.25, -0.2) is 0 Å². The van der Waals surface area contributed by atoms with Crippen molar-refractivity contribution in [3.05, 3.63) is 313 Å². The number of hydrogen-bond acceptors (Lipinski definition) is 1. The molecular formula is C71H48N2. The number of aromatic nitrogens is 1. The average Bonchev–Trinajstić information content (AvgIpc) is 3.97. The van der Waals surface area contributed by atoms with Gasteiger partial charge in [-0.2, -0.15) is 0 Å². The van der Waals surface area contributed by atoms with Crippen LogP contribution in [0.2, 0.25) is 0 Å². The Morgan fingerprint density at radius 2 is 0.753 bits per heavy atom. The summed E-state index contributed by atoms with van der Waals surface area (Å²) in [5.74, 6) is 0. The highest BCUT2D eigenvalue weighted by molar-refractivity contribution is 6.10. The van der Waals surface area contributed by atoms with Gasteiger partial charge in [0.15, 0.2) is 0 Å². The van der Waals surface area contributed by atoms with Crippen LogP contribution in [0.3, 0.4) is 0 Å². The lowest BCUT2D eigenvalue weighted by molar-refractivity contribution is 0.768. The molecule has 0 spiro atoms. The monoisotopic (exact) mass is 928 g/mol. The predicted molar refractivity (Wildman–Crippen MR) is 307 cm³/mol. The molecule has 342 valence electrons. The predicted octanol–water partition coefficient (Wildman–Crippen LogP) is 18.8. The van der Waals surface area contributed by atoms with E-state index in [1.165, 1.54) is 93.8 Å². The van der Waals surface area contributed by atoms with Crippen molar-refractivity contribution in [2.45, 2.75) is 5.41 Å². The zero-order valence-electron chi connectivity index (χ0n) is 40.1. The molecule has 0 aliphatic heterocycles. The SMILES string of the molecule is c1ccc(-c2ccc(-n3c4ccccc4c4cc(-c5ccc(N(c6ccc(-c7ccc8ccccc8c7)cc6)c6ccc7c(c6)C(c6ccccc6)(c6ccccc6)c6ccccc6-7)cc5)ccc43)cc2)cc1. The highest BCUT2D eigenvalue weighted by Crippen LogP contribution is 2.57. The Labute approximate surface area is 426 Å². The smallest absolute Gasteiger partial charge is 0.0714 e. The summed E-state index contributed by atoms with van der Waals surface area (Å²) in [5.41, 5.74) is 21.0. The Morgan fingerprint density at radius 1 is 0.274 bits per heavy atom. The minimum Gasteiger partial charge on any atom is -0.310 e. The van der Waals surface area contributed by atoms with E-state index >= 15 is 0 Å². The van der Waals surface area contributed by atoms with E-state index in [4.69, 9.17) is 0 Å². The molecular weight excluding hydrogens is 881 g/mol. The van der Waals surface area contributed by atoms with Crippen LogP contribution in [-0.2, 0) is 5.41 Å². The maximum Gasteiger partial charge on any atom is 0.0714 e. The van der Waals surface area contributed by atoms with E-state index in [1.54, 1.807) is 0 Å². The molecule has 0 bridgehead atoms. The standard InChI is InChI=1S/C71H48N2/c1-4-16-49(17-5-1)51-30-41-61(42-31-51)73-69-27-15-13-25-65(69)66-47-56(36-45-70(66)73)53-34-39-60(40-35-53)72(59-37-32-52(33-38-59)55-29-28-50-18-10-11-19-54(50)46-55)62-43-44-64-63-24-12-14-26-67(63)71(68(64)48-62,57-20-6-2-7-21-57)58-22-8-3-9-23-58/h1-48H. The first kappa shape index (κ1) is 42.4. The van der Waals surface area contributed by atoms with Gasteiger partial charge in [-0.1, -0.05) is 218 Å². The van der Waals surface area contributed by atoms with Crippen LogP contribution in [0.5, 0.6) is 0 Å². The Hall–Kier alpha value is -9.50. The topological polar surface area (TPSA) is 8.17 Å². The fourth-order valence-electron chi connectivity index (χ4n) is 11.9. The van der Waals surface area contributed by atoms with Crippen molar-refractivity contribution < 1.29 is 0 Å². The number of nitrogens with zero attached hydrogens (tertiary/aromatic N) is 2. The third-order valence-corrected chi connectivity index (χ3v) is 15.3. The number of anilines is 3. The Bertz CT molecular complexity index is 4120. The molecule has 1 heterocycles. The largest absolute Gasteiger partial charge is 0.310 e. The second-order valence-electron chi connectivity index (χ2n) is 19.2. The summed E-state index contributed by atoms with van der Waals surface area (Å²) < 4.78 is 2.40. The van der Waals surface area contributed by atoms with Gasteiger partial charge in [-0.05, 0) is 150 Å². The normalized spacial score (nSPS) is 12.5. The van der Waals surface area contributed by atoms with Gasteiger partial charge in [0.25, 0.3) is 0 Å². The molecule has 14 rings (SSSR count). The molecule has 12 aromatic carbocycles. The molecule has 1 aliphatic rings. The van der Waals surface area contributed by atoms with Gasteiger partial charge < -0.3 is 9.47 Å². The number of fused-ring (bicyclic) bond motifs is 7. The van der Waals surface area contributed by atoms with Crippen molar-refractivity contribution in [3.8, 4) is 50.2 Å². The molecule has 0 N–H and O–H groups in total. The Balaban J connectivity index is 0.892. The quantitative estimate of drug-likeness (QED) is 0.140. The third-order valence-electron chi connectivity index (χ3n) is 15.3. The van der Waals surface area contributed by atoms with Gasteiger partial charge in [0.2, 0.25) is 0 Å². The summed E-state index contributed by atoms with van der Waals surface area (Å²) in [5, 5.41) is 4.96. The second-order valence-corrected chi connectivity index (χ2v) is 19.2. The number of benzene rings is 12. The number of rotatable bonds is 9. The number of para-hydroxylation sites is 1. The van der Waals surface area contributed by atoms with Crippen LogP contribution < -0.4 is 4.90 Å². The van der Waals surface area contributed by atoms with Crippen LogP contribution in [0.15, 0.2) is 291 Å². The van der Waals surface area contributed by atoms with Gasteiger partial charge in [-0.3, -0.25) is 0 Å². The Kier molecular flexibility index (Phi) is 10.1. The summed E-state index contributed by atoms with van der Waals surface area (Å²) in [7, 11) is 0. The Morgan fingerprint density at radius 3 is 1.45 bits per heavy atom. The van der Waals surface area contributed by atoms with Crippen molar-refractivity contribution in [1.82, 2.24) is 4.57 Å².